The first-order valence-corrected chi connectivity index (χ1v) is 12.2. The summed E-state index contributed by atoms with van der Waals surface area (Å²) in [6.45, 7) is 5.38. The molecule has 0 bridgehead atoms. The number of cyclic esters (lactones) is 1. The van der Waals surface area contributed by atoms with E-state index in [1.54, 1.807) is 7.05 Å². The number of hydrogen-bond acceptors (Lipinski definition) is 5. The Labute approximate surface area is 202 Å². The van der Waals surface area contributed by atoms with Gasteiger partial charge in [0.05, 0.1) is 5.70 Å². The Morgan fingerprint density at radius 1 is 1.15 bits per heavy atom. The van der Waals surface area contributed by atoms with E-state index in [-0.39, 0.29) is 12.7 Å². The Bertz CT molecular complexity index is 1040. The van der Waals surface area contributed by atoms with Crippen molar-refractivity contribution in [2.75, 3.05) is 26.7 Å². The summed E-state index contributed by atoms with van der Waals surface area (Å²) >= 11 is 0. The molecule has 2 aromatic rings. The fourth-order valence-corrected chi connectivity index (χ4v) is 4.56. The van der Waals surface area contributed by atoms with Gasteiger partial charge in [0.2, 0.25) is 0 Å². The number of amides is 1. The average molecular weight is 462 g/mol. The van der Waals surface area contributed by atoms with Gasteiger partial charge in [0.15, 0.2) is 6.23 Å². The van der Waals surface area contributed by atoms with Crippen molar-refractivity contribution in [2.24, 2.45) is 0 Å². The summed E-state index contributed by atoms with van der Waals surface area (Å²) in [5.74, 6) is 0. The number of carbonyl (C=O) groups is 1. The number of likely N-dealkylation sites (N-methyl/N-ethyl adjacent to an activating group) is 1. The van der Waals surface area contributed by atoms with Gasteiger partial charge in [-0.25, -0.2) is 4.79 Å². The van der Waals surface area contributed by atoms with Crippen LogP contribution in [0.5, 0.6) is 0 Å². The fourth-order valence-electron chi connectivity index (χ4n) is 4.56. The van der Waals surface area contributed by atoms with E-state index >= 15 is 0 Å². The first-order chi connectivity index (χ1) is 16.5. The molecule has 2 aromatic carbocycles. The van der Waals surface area contributed by atoms with E-state index in [4.69, 9.17) is 4.74 Å². The summed E-state index contributed by atoms with van der Waals surface area (Å²) in [6.07, 6.45) is 7.22. The molecule has 1 atom stereocenters. The second-order valence-corrected chi connectivity index (χ2v) is 8.98. The molecule has 4 rings (SSSR count). The molecule has 34 heavy (non-hydrogen) atoms. The van der Waals surface area contributed by atoms with Gasteiger partial charge in [0.1, 0.15) is 6.61 Å². The Morgan fingerprint density at radius 2 is 1.91 bits per heavy atom. The number of aliphatic hydroxyl groups is 1. The lowest BCUT2D eigenvalue weighted by Gasteiger charge is -2.28. The number of rotatable bonds is 8. The van der Waals surface area contributed by atoms with Crippen molar-refractivity contribution in [3.8, 4) is 11.1 Å². The van der Waals surface area contributed by atoms with Gasteiger partial charge in [0, 0.05) is 24.9 Å². The normalized spacial score (nSPS) is 19.4. The number of ether oxygens (including phenoxy) is 1. The molecule has 1 amide bonds. The Morgan fingerprint density at radius 3 is 2.59 bits per heavy atom. The molecule has 1 unspecified atom stereocenters. The minimum atomic E-state index is -0.872. The zero-order chi connectivity index (χ0) is 23.9. The van der Waals surface area contributed by atoms with Crippen LogP contribution in [0, 0.1) is 0 Å². The van der Waals surface area contributed by atoms with Crippen LogP contribution in [0.2, 0.25) is 0 Å². The molecule has 2 aliphatic heterocycles. The highest BCUT2D eigenvalue weighted by Crippen LogP contribution is 2.29. The first kappa shape index (κ1) is 24.0. The topological polar surface area (TPSA) is 65.0 Å². The number of likely N-dealkylation sites (tertiary alicyclic amines) is 1. The van der Waals surface area contributed by atoms with Crippen molar-refractivity contribution in [2.45, 2.75) is 45.4 Å². The van der Waals surface area contributed by atoms with Crippen molar-refractivity contribution in [1.82, 2.24) is 15.1 Å². The van der Waals surface area contributed by atoms with Gasteiger partial charge in [-0.2, -0.15) is 0 Å². The SMILES string of the molecule is CC/C=C(\C=C1/COC(=O)N1C)NC(O)c1ccc(-c2ccccc2)c(CN2CCCCC2)c1. The van der Waals surface area contributed by atoms with Crippen molar-refractivity contribution >= 4 is 6.09 Å². The third kappa shape index (κ3) is 5.88. The number of piperidine rings is 1. The maximum absolute atomic E-state index is 11.7. The van der Waals surface area contributed by atoms with E-state index in [1.165, 1.54) is 40.9 Å². The molecule has 6 heteroatoms. The standard InChI is InChI=1S/C28H35N3O3/c1-3-10-24(18-25-20-34-28(33)30(25)2)29-27(32)22-13-14-26(21-11-6-4-7-12-21)23(17-22)19-31-15-8-5-9-16-31/h4,6-7,10-14,17-18,27,29,32H,3,5,8-9,15-16,19-20H2,1-2H3/b24-10+,25-18+. The minimum absolute atomic E-state index is 0.236. The molecule has 2 aliphatic rings. The van der Waals surface area contributed by atoms with Gasteiger partial charge < -0.3 is 15.2 Å². The molecular formula is C28H35N3O3. The van der Waals surface area contributed by atoms with Crippen LogP contribution in [0.4, 0.5) is 4.79 Å². The molecular weight excluding hydrogens is 426 g/mol. The number of nitrogens with zero attached hydrogens (tertiary/aromatic N) is 2. The molecule has 2 N–H and O–H groups in total. The van der Waals surface area contributed by atoms with Gasteiger partial charge in [0.25, 0.3) is 0 Å². The summed E-state index contributed by atoms with van der Waals surface area (Å²) in [5, 5.41) is 14.3. The van der Waals surface area contributed by atoms with Crippen LogP contribution in [-0.4, -0.2) is 47.7 Å². The highest BCUT2D eigenvalue weighted by Gasteiger charge is 2.24. The number of hydrogen-bond donors (Lipinski definition) is 2. The third-order valence-electron chi connectivity index (χ3n) is 6.47. The predicted octanol–water partition coefficient (Wildman–Crippen LogP) is 5.18. The van der Waals surface area contributed by atoms with Crippen molar-refractivity contribution in [3.05, 3.63) is 83.2 Å². The lowest BCUT2D eigenvalue weighted by molar-refractivity contribution is 0.152. The van der Waals surface area contributed by atoms with Crippen LogP contribution in [0.3, 0.4) is 0 Å². The van der Waals surface area contributed by atoms with Crippen LogP contribution in [0.25, 0.3) is 11.1 Å². The summed E-state index contributed by atoms with van der Waals surface area (Å²) in [5.41, 5.74) is 5.96. The monoisotopic (exact) mass is 461 g/mol. The van der Waals surface area contributed by atoms with Crippen LogP contribution in [0.15, 0.2) is 72.1 Å². The van der Waals surface area contributed by atoms with Gasteiger partial charge in [-0.3, -0.25) is 9.80 Å². The number of allylic oxidation sites excluding steroid dienone is 2. The van der Waals surface area contributed by atoms with Crippen molar-refractivity contribution < 1.29 is 14.6 Å². The molecule has 0 radical (unpaired) electrons. The summed E-state index contributed by atoms with van der Waals surface area (Å²) in [4.78, 5) is 15.7. The fraction of sp³-hybridized carbons (Fsp3) is 0.393. The van der Waals surface area contributed by atoms with Crippen LogP contribution in [0.1, 0.15) is 50.0 Å². The molecule has 0 spiro atoms. The molecule has 0 saturated carbocycles. The largest absolute Gasteiger partial charge is 0.443 e. The van der Waals surface area contributed by atoms with Crippen LogP contribution >= 0.6 is 0 Å². The Balaban J connectivity index is 1.58. The summed E-state index contributed by atoms with van der Waals surface area (Å²) < 4.78 is 5.09. The summed E-state index contributed by atoms with van der Waals surface area (Å²) in [6, 6.07) is 16.7. The van der Waals surface area contributed by atoms with Crippen molar-refractivity contribution in [1.29, 1.82) is 0 Å². The highest BCUT2D eigenvalue weighted by atomic mass is 16.6. The average Bonchev–Trinajstić information content (AvgIpc) is 3.17. The van der Waals surface area contributed by atoms with Crippen LogP contribution < -0.4 is 5.32 Å². The van der Waals surface area contributed by atoms with Crippen LogP contribution in [-0.2, 0) is 11.3 Å². The van der Waals surface area contributed by atoms with E-state index < -0.39 is 6.23 Å². The lowest BCUT2D eigenvalue weighted by atomic mass is 9.96. The van der Waals surface area contributed by atoms with Crippen molar-refractivity contribution in [3.63, 3.8) is 0 Å². The van der Waals surface area contributed by atoms with Gasteiger partial charge in [-0.1, -0.05) is 61.9 Å². The molecule has 180 valence electrons. The van der Waals surface area contributed by atoms with E-state index in [2.05, 4.69) is 46.6 Å². The Hall–Kier alpha value is -3.09. The maximum atomic E-state index is 11.7. The number of carbonyl (C=O) groups excluding carboxylic acids is 1. The predicted molar refractivity (Wildman–Crippen MR) is 135 cm³/mol. The highest BCUT2D eigenvalue weighted by molar-refractivity contribution is 5.72. The number of benzene rings is 2. The molecule has 6 nitrogen and oxygen atoms in total. The van der Waals surface area contributed by atoms with E-state index in [0.717, 1.165) is 43.0 Å². The lowest BCUT2D eigenvalue weighted by Crippen LogP contribution is -2.29. The molecule has 2 heterocycles. The van der Waals surface area contributed by atoms with Gasteiger partial charge in [-0.05, 0) is 61.2 Å². The smallest absolute Gasteiger partial charge is 0.414 e. The minimum Gasteiger partial charge on any atom is -0.443 e. The van der Waals surface area contributed by atoms with E-state index in [1.807, 2.05) is 31.2 Å². The van der Waals surface area contributed by atoms with E-state index in [0.29, 0.717) is 0 Å². The second-order valence-electron chi connectivity index (χ2n) is 8.98. The first-order valence-electron chi connectivity index (χ1n) is 12.2. The Kier molecular flexibility index (Phi) is 8.03. The zero-order valence-corrected chi connectivity index (χ0v) is 20.2. The summed E-state index contributed by atoms with van der Waals surface area (Å²) in [7, 11) is 1.69. The molecule has 0 aliphatic carbocycles. The molecule has 2 fully saturated rings. The number of aliphatic hydroxyl groups excluding tert-OH is 1. The quantitative estimate of drug-likeness (QED) is 0.531. The van der Waals surface area contributed by atoms with E-state index in [9.17, 15) is 9.90 Å². The van der Waals surface area contributed by atoms with Gasteiger partial charge in [-0.15, -0.1) is 0 Å². The van der Waals surface area contributed by atoms with Gasteiger partial charge >= 0.3 is 6.09 Å². The molecule has 2 saturated heterocycles. The zero-order valence-electron chi connectivity index (χ0n) is 20.2. The molecule has 0 aromatic heterocycles. The third-order valence-corrected chi connectivity index (χ3v) is 6.47. The number of nitrogens with one attached hydrogen (secondary N) is 1. The maximum Gasteiger partial charge on any atom is 0.414 e. The second kappa shape index (κ2) is 11.4.